The molecule has 0 bridgehead atoms. The molecule has 1 aliphatic rings. The summed E-state index contributed by atoms with van der Waals surface area (Å²) in [4.78, 5) is 26.4. The van der Waals surface area contributed by atoms with Gasteiger partial charge in [0.15, 0.2) is 0 Å². The quantitative estimate of drug-likeness (QED) is 0.773. The SMILES string of the molecule is CCC(C)N(CC(=O)O)C(=O)N1CCCNCC1. The van der Waals surface area contributed by atoms with E-state index in [0.717, 1.165) is 25.9 Å². The zero-order valence-electron chi connectivity index (χ0n) is 11.2. The molecule has 1 rings (SSSR count). The van der Waals surface area contributed by atoms with Crippen LogP contribution in [0.2, 0.25) is 0 Å². The van der Waals surface area contributed by atoms with Crippen LogP contribution in [0.3, 0.4) is 0 Å². The van der Waals surface area contributed by atoms with E-state index in [9.17, 15) is 9.59 Å². The number of nitrogens with zero attached hydrogens (tertiary/aromatic N) is 2. The van der Waals surface area contributed by atoms with Crippen LogP contribution in [0, 0.1) is 0 Å². The van der Waals surface area contributed by atoms with Crippen LogP contribution in [0.1, 0.15) is 26.7 Å². The van der Waals surface area contributed by atoms with Crippen molar-refractivity contribution in [3.63, 3.8) is 0 Å². The predicted octanol–water partition coefficient (Wildman–Crippen LogP) is 0.587. The largest absolute Gasteiger partial charge is 0.480 e. The van der Waals surface area contributed by atoms with E-state index in [1.165, 1.54) is 4.90 Å². The fourth-order valence-corrected chi connectivity index (χ4v) is 2.00. The van der Waals surface area contributed by atoms with Crippen molar-refractivity contribution in [1.82, 2.24) is 15.1 Å². The van der Waals surface area contributed by atoms with Gasteiger partial charge in [0.05, 0.1) is 0 Å². The molecule has 0 aliphatic carbocycles. The second-order valence-corrected chi connectivity index (χ2v) is 4.65. The Hall–Kier alpha value is -1.30. The van der Waals surface area contributed by atoms with E-state index in [0.29, 0.717) is 13.1 Å². The van der Waals surface area contributed by atoms with E-state index in [2.05, 4.69) is 5.32 Å². The molecule has 1 unspecified atom stereocenters. The number of amides is 2. The Morgan fingerprint density at radius 1 is 1.39 bits per heavy atom. The molecule has 1 atom stereocenters. The number of nitrogens with one attached hydrogen (secondary N) is 1. The van der Waals surface area contributed by atoms with E-state index in [1.807, 2.05) is 13.8 Å². The van der Waals surface area contributed by atoms with Gasteiger partial charge in [-0.15, -0.1) is 0 Å². The highest BCUT2D eigenvalue weighted by molar-refractivity contribution is 5.80. The van der Waals surface area contributed by atoms with E-state index in [1.54, 1.807) is 4.90 Å². The molecule has 1 heterocycles. The Balaban J connectivity index is 2.69. The molecule has 0 saturated carbocycles. The zero-order valence-corrected chi connectivity index (χ0v) is 11.2. The first-order valence-electron chi connectivity index (χ1n) is 6.54. The normalized spacial score (nSPS) is 18.0. The summed E-state index contributed by atoms with van der Waals surface area (Å²) in [6.07, 6.45) is 1.66. The molecule has 2 N–H and O–H groups in total. The number of hydrogen-bond acceptors (Lipinski definition) is 3. The maximum Gasteiger partial charge on any atom is 0.323 e. The van der Waals surface area contributed by atoms with Crippen molar-refractivity contribution in [1.29, 1.82) is 0 Å². The highest BCUT2D eigenvalue weighted by Gasteiger charge is 2.26. The van der Waals surface area contributed by atoms with Crippen molar-refractivity contribution in [2.45, 2.75) is 32.7 Å². The van der Waals surface area contributed by atoms with Gasteiger partial charge in [-0.25, -0.2) is 4.79 Å². The van der Waals surface area contributed by atoms with Crippen LogP contribution < -0.4 is 5.32 Å². The van der Waals surface area contributed by atoms with Crippen LogP contribution >= 0.6 is 0 Å². The third kappa shape index (κ3) is 4.18. The number of carboxylic acid groups (broad SMARTS) is 1. The fraction of sp³-hybridized carbons (Fsp3) is 0.833. The first kappa shape index (κ1) is 14.8. The van der Waals surface area contributed by atoms with Gasteiger partial charge in [0, 0.05) is 25.7 Å². The van der Waals surface area contributed by atoms with Gasteiger partial charge < -0.3 is 20.2 Å². The maximum absolute atomic E-state index is 12.3. The van der Waals surface area contributed by atoms with Crippen molar-refractivity contribution in [3.05, 3.63) is 0 Å². The van der Waals surface area contributed by atoms with Crippen molar-refractivity contribution >= 4 is 12.0 Å². The van der Waals surface area contributed by atoms with Crippen LogP contribution in [0.25, 0.3) is 0 Å². The summed E-state index contributed by atoms with van der Waals surface area (Å²) in [5.74, 6) is -0.961. The Kier molecular flexibility index (Phi) is 5.91. The Morgan fingerprint density at radius 2 is 2.11 bits per heavy atom. The zero-order chi connectivity index (χ0) is 13.5. The molecule has 0 aromatic heterocycles. The lowest BCUT2D eigenvalue weighted by Gasteiger charge is -2.32. The van der Waals surface area contributed by atoms with Crippen molar-refractivity contribution in [3.8, 4) is 0 Å². The maximum atomic E-state index is 12.3. The summed E-state index contributed by atoms with van der Waals surface area (Å²) < 4.78 is 0. The van der Waals surface area contributed by atoms with E-state index in [4.69, 9.17) is 5.11 Å². The first-order chi connectivity index (χ1) is 8.56. The number of carbonyl (C=O) groups is 2. The van der Waals surface area contributed by atoms with Crippen LogP contribution in [-0.4, -0.2) is 65.7 Å². The second-order valence-electron chi connectivity index (χ2n) is 4.65. The summed E-state index contributed by atoms with van der Waals surface area (Å²) >= 11 is 0. The minimum absolute atomic E-state index is 0.0511. The van der Waals surface area contributed by atoms with Gasteiger partial charge in [0.2, 0.25) is 0 Å². The van der Waals surface area contributed by atoms with Gasteiger partial charge in [-0.1, -0.05) is 6.92 Å². The van der Waals surface area contributed by atoms with Crippen LogP contribution in [0.4, 0.5) is 4.79 Å². The fourth-order valence-electron chi connectivity index (χ4n) is 2.00. The van der Waals surface area contributed by atoms with Gasteiger partial charge in [-0.2, -0.15) is 0 Å². The molecule has 0 aromatic carbocycles. The summed E-state index contributed by atoms with van der Waals surface area (Å²) in [5, 5.41) is 12.1. The minimum atomic E-state index is -0.961. The summed E-state index contributed by atoms with van der Waals surface area (Å²) in [6, 6.07) is -0.208. The average Bonchev–Trinajstić information content (AvgIpc) is 2.62. The molecule has 0 spiro atoms. The number of hydrogen-bond donors (Lipinski definition) is 2. The van der Waals surface area contributed by atoms with E-state index < -0.39 is 5.97 Å². The van der Waals surface area contributed by atoms with Crippen LogP contribution in [0.15, 0.2) is 0 Å². The third-order valence-corrected chi connectivity index (χ3v) is 3.28. The molecule has 104 valence electrons. The van der Waals surface area contributed by atoms with Crippen molar-refractivity contribution < 1.29 is 14.7 Å². The lowest BCUT2D eigenvalue weighted by Crippen LogP contribution is -2.50. The molecule has 6 heteroatoms. The molecular formula is C12H23N3O3. The number of urea groups is 1. The van der Waals surface area contributed by atoms with Gasteiger partial charge in [0.25, 0.3) is 0 Å². The third-order valence-electron chi connectivity index (χ3n) is 3.28. The van der Waals surface area contributed by atoms with Crippen LogP contribution in [0.5, 0.6) is 0 Å². The molecule has 0 radical (unpaired) electrons. The molecular weight excluding hydrogens is 234 g/mol. The van der Waals surface area contributed by atoms with Gasteiger partial charge in [-0.3, -0.25) is 4.79 Å². The van der Waals surface area contributed by atoms with Gasteiger partial charge in [-0.05, 0) is 26.3 Å². The number of rotatable bonds is 4. The van der Waals surface area contributed by atoms with Gasteiger partial charge in [0.1, 0.15) is 6.54 Å². The Bertz CT molecular complexity index is 288. The molecule has 2 amide bonds. The molecule has 1 aliphatic heterocycles. The van der Waals surface area contributed by atoms with Crippen molar-refractivity contribution in [2.75, 3.05) is 32.7 Å². The Labute approximate surface area is 108 Å². The summed E-state index contributed by atoms with van der Waals surface area (Å²) in [7, 11) is 0. The minimum Gasteiger partial charge on any atom is -0.480 e. The van der Waals surface area contributed by atoms with E-state index in [-0.39, 0.29) is 18.6 Å². The molecule has 0 aromatic rings. The van der Waals surface area contributed by atoms with Crippen molar-refractivity contribution in [2.24, 2.45) is 0 Å². The average molecular weight is 257 g/mol. The van der Waals surface area contributed by atoms with E-state index >= 15 is 0 Å². The highest BCUT2D eigenvalue weighted by Crippen LogP contribution is 2.09. The molecule has 1 saturated heterocycles. The smallest absolute Gasteiger partial charge is 0.323 e. The monoisotopic (exact) mass is 257 g/mol. The number of carbonyl (C=O) groups excluding carboxylic acids is 1. The number of carboxylic acids is 1. The predicted molar refractivity (Wildman–Crippen MR) is 68.6 cm³/mol. The lowest BCUT2D eigenvalue weighted by molar-refractivity contribution is -0.138. The number of aliphatic carboxylic acids is 1. The molecule has 18 heavy (non-hydrogen) atoms. The van der Waals surface area contributed by atoms with Crippen LogP contribution in [-0.2, 0) is 4.79 Å². The second kappa shape index (κ2) is 7.20. The highest BCUT2D eigenvalue weighted by atomic mass is 16.4. The molecule has 1 fully saturated rings. The lowest BCUT2D eigenvalue weighted by atomic mass is 10.2. The standard InChI is InChI=1S/C12H23N3O3/c1-3-10(2)15(9-11(16)17)12(18)14-7-4-5-13-6-8-14/h10,13H,3-9H2,1-2H3,(H,16,17). The summed E-state index contributed by atoms with van der Waals surface area (Å²) in [6.45, 7) is 6.63. The topological polar surface area (TPSA) is 72.9 Å². The van der Waals surface area contributed by atoms with Gasteiger partial charge >= 0.3 is 12.0 Å². The molecule has 6 nitrogen and oxygen atoms in total. The first-order valence-corrected chi connectivity index (χ1v) is 6.54. The Morgan fingerprint density at radius 3 is 2.72 bits per heavy atom. The summed E-state index contributed by atoms with van der Waals surface area (Å²) in [5.41, 5.74) is 0.